The second-order valence-electron chi connectivity index (χ2n) is 6.44. The van der Waals surface area contributed by atoms with Crippen LogP contribution in [-0.4, -0.2) is 60.8 Å². The molecule has 1 saturated carbocycles. The van der Waals surface area contributed by atoms with Gasteiger partial charge in [-0.25, -0.2) is 4.79 Å². The summed E-state index contributed by atoms with van der Waals surface area (Å²) in [5.74, 6) is -0.564. The zero-order valence-electron chi connectivity index (χ0n) is 14.7. The van der Waals surface area contributed by atoms with Crippen LogP contribution in [0.25, 0.3) is 0 Å². The summed E-state index contributed by atoms with van der Waals surface area (Å²) in [4.78, 5) is 26.3. The molecule has 6 heteroatoms. The van der Waals surface area contributed by atoms with E-state index in [4.69, 9.17) is 4.74 Å². The summed E-state index contributed by atoms with van der Waals surface area (Å²) in [5.41, 5.74) is 0. The van der Waals surface area contributed by atoms with Crippen LogP contribution in [0.1, 0.15) is 52.4 Å². The van der Waals surface area contributed by atoms with Gasteiger partial charge in [-0.15, -0.1) is 0 Å². The lowest BCUT2D eigenvalue weighted by Crippen LogP contribution is -2.51. The molecule has 0 aromatic rings. The normalized spacial score (nSPS) is 18.5. The van der Waals surface area contributed by atoms with Gasteiger partial charge >= 0.3 is 5.97 Å². The molecular formula is C17H32N2O4. The Kier molecular flexibility index (Phi) is 9.17. The van der Waals surface area contributed by atoms with Crippen LogP contribution in [0.2, 0.25) is 0 Å². The largest absolute Gasteiger partial charge is 0.467 e. The third kappa shape index (κ3) is 6.47. The fraction of sp³-hybridized carbons (Fsp3) is 0.882. The Bertz CT molecular complexity index is 370. The highest BCUT2D eigenvalue weighted by Crippen LogP contribution is 2.22. The van der Waals surface area contributed by atoms with Crippen LogP contribution in [0.4, 0.5) is 0 Å². The van der Waals surface area contributed by atoms with Crippen LogP contribution >= 0.6 is 0 Å². The van der Waals surface area contributed by atoms with Crippen LogP contribution in [0.3, 0.4) is 0 Å². The number of carbonyl (C=O) groups is 2. The van der Waals surface area contributed by atoms with Gasteiger partial charge in [0.1, 0.15) is 6.04 Å². The number of rotatable bonds is 9. The lowest BCUT2D eigenvalue weighted by atomic mass is 9.94. The monoisotopic (exact) mass is 328 g/mol. The summed E-state index contributed by atoms with van der Waals surface area (Å²) in [5, 5.41) is 12.1. The Morgan fingerprint density at radius 2 is 1.96 bits per heavy atom. The minimum absolute atomic E-state index is 0.0207. The van der Waals surface area contributed by atoms with Crippen molar-refractivity contribution >= 4 is 11.9 Å². The molecule has 1 aliphatic carbocycles. The number of ether oxygens (including phenoxy) is 1. The molecule has 2 unspecified atom stereocenters. The topological polar surface area (TPSA) is 78.9 Å². The lowest BCUT2D eigenvalue weighted by Gasteiger charge is -2.34. The predicted octanol–water partition coefficient (Wildman–Crippen LogP) is 1.32. The van der Waals surface area contributed by atoms with Gasteiger partial charge in [0, 0.05) is 12.6 Å². The maximum absolute atomic E-state index is 12.4. The SMILES string of the molecule is CCC(C)C(NC(=O)CN(CCO)C1CCCCC1)C(=O)OC. The molecule has 0 heterocycles. The number of hydrogen-bond acceptors (Lipinski definition) is 5. The van der Waals surface area contributed by atoms with Gasteiger partial charge in [0.15, 0.2) is 0 Å². The Hall–Kier alpha value is -1.14. The van der Waals surface area contributed by atoms with Crippen molar-refractivity contribution in [3.63, 3.8) is 0 Å². The first kappa shape index (κ1) is 19.9. The first-order valence-electron chi connectivity index (χ1n) is 8.75. The molecule has 23 heavy (non-hydrogen) atoms. The van der Waals surface area contributed by atoms with Crippen LogP contribution in [-0.2, 0) is 14.3 Å². The number of nitrogens with one attached hydrogen (secondary N) is 1. The smallest absolute Gasteiger partial charge is 0.328 e. The second kappa shape index (κ2) is 10.6. The van der Waals surface area contributed by atoms with Gasteiger partial charge in [0.05, 0.1) is 20.3 Å². The van der Waals surface area contributed by atoms with E-state index in [2.05, 4.69) is 5.32 Å². The molecule has 0 aromatic carbocycles. The van der Waals surface area contributed by atoms with Gasteiger partial charge in [-0.2, -0.15) is 0 Å². The van der Waals surface area contributed by atoms with Crippen LogP contribution in [0, 0.1) is 5.92 Å². The molecule has 0 aliphatic heterocycles. The third-order valence-corrected chi connectivity index (χ3v) is 4.81. The fourth-order valence-corrected chi connectivity index (χ4v) is 3.17. The summed E-state index contributed by atoms with van der Waals surface area (Å²) in [6, 6.07) is -0.262. The molecule has 0 bridgehead atoms. The number of esters is 1. The number of methoxy groups -OCH3 is 1. The molecule has 134 valence electrons. The molecule has 0 radical (unpaired) electrons. The maximum atomic E-state index is 12.4. The van der Waals surface area contributed by atoms with Crippen molar-refractivity contribution in [1.29, 1.82) is 0 Å². The Morgan fingerprint density at radius 3 is 2.48 bits per heavy atom. The number of aliphatic hydroxyl groups is 1. The van der Waals surface area contributed by atoms with E-state index in [9.17, 15) is 14.7 Å². The lowest BCUT2D eigenvalue weighted by molar-refractivity contribution is -0.146. The Morgan fingerprint density at radius 1 is 1.30 bits per heavy atom. The number of aliphatic hydroxyl groups excluding tert-OH is 1. The van der Waals surface area contributed by atoms with Gasteiger partial charge in [-0.05, 0) is 18.8 Å². The van der Waals surface area contributed by atoms with Crippen molar-refractivity contribution < 1.29 is 19.4 Å². The molecule has 0 aromatic heterocycles. The molecule has 1 rings (SSSR count). The zero-order valence-corrected chi connectivity index (χ0v) is 14.7. The van der Waals surface area contributed by atoms with Crippen molar-refractivity contribution in [1.82, 2.24) is 10.2 Å². The van der Waals surface area contributed by atoms with E-state index in [1.807, 2.05) is 18.7 Å². The minimum Gasteiger partial charge on any atom is -0.467 e. The number of nitrogens with zero attached hydrogens (tertiary/aromatic N) is 1. The summed E-state index contributed by atoms with van der Waals surface area (Å²) < 4.78 is 4.80. The highest BCUT2D eigenvalue weighted by molar-refractivity contribution is 5.85. The average Bonchev–Trinajstić information content (AvgIpc) is 2.58. The zero-order chi connectivity index (χ0) is 17.2. The van der Waals surface area contributed by atoms with E-state index in [0.29, 0.717) is 12.6 Å². The highest BCUT2D eigenvalue weighted by atomic mass is 16.5. The molecule has 0 saturated heterocycles. The Balaban J connectivity index is 2.63. The first-order chi connectivity index (χ1) is 11.0. The maximum Gasteiger partial charge on any atom is 0.328 e. The van der Waals surface area contributed by atoms with E-state index in [1.54, 1.807) is 0 Å². The molecule has 1 amide bonds. The quantitative estimate of drug-likeness (QED) is 0.624. The fourth-order valence-electron chi connectivity index (χ4n) is 3.17. The van der Waals surface area contributed by atoms with Gasteiger partial charge < -0.3 is 15.2 Å². The standard InChI is InChI=1S/C17H32N2O4/c1-4-13(2)16(17(22)23-3)18-15(21)12-19(10-11-20)14-8-6-5-7-9-14/h13-14,16,20H,4-12H2,1-3H3,(H,18,21). The van der Waals surface area contributed by atoms with Gasteiger partial charge in [-0.1, -0.05) is 39.5 Å². The van der Waals surface area contributed by atoms with Crippen molar-refractivity contribution in [2.24, 2.45) is 5.92 Å². The summed E-state index contributed by atoms with van der Waals surface area (Å²) in [6.45, 7) is 4.65. The van der Waals surface area contributed by atoms with E-state index in [-0.39, 0.29) is 25.0 Å². The third-order valence-electron chi connectivity index (χ3n) is 4.81. The van der Waals surface area contributed by atoms with Crippen molar-refractivity contribution in [2.45, 2.75) is 64.5 Å². The van der Waals surface area contributed by atoms with E-state index in [1.165, 1.54) is 26.4 Å². The number of amides is 1. The van der Waals surface area contributed by atoms with Crippen LogP contribution in [0.5, 0.6) is 0 Å². The van der Waals surface area contributed by atoms with Crippen molar-refractivity contribution in [3.8, 4) is 0 Å². The van der Waals surface area contributed by atoms with Crippen LogP contribution < -0.4 is 5.32 Å². The summed E-state index contributed by atoms with van der Waals surface area (Å²) in [6.07, 6.45) is 6.51. The summed E-state index contributed by atoms with van der Waals surface area (Å²) >= 11 is 0. The first-order valence-corrected chi connectivity index (χ1v) is 8.75. The molecule has 2 N–H and O–H groups in total. The number of carbonyl (C=O) groups excluding carboxylic acids is 2. The molecule has 2 atom stereocenters. The van der Waals surface area contributed by atoms with E-state index in [0.717, 1.165) is 19.3 Å². The number of hydrogen-bond donors (Lipinski definition) is 2. The van der Waals surface area contributed by atoms with Gasteiger partial charge in [0.2, 0.25) is 5.91 Å². The van der Waals surface area contributed by atoms with E-state index >= 15 is 0 Å². The van der Waals surface area contributed by atoms with Crippen molar-refractivity contribution in [3.05, 3.63) is 0 Å². The molecule has 1 aliphatic rings. The Labute approximate surface area is 139 Å². The van der Waals surface area contributed by atoms with E-state index < -0.39 is 12.0 Å². The molecule has 0 spiro atoms. The predicted molar refractivity (Wildman–Crippen MR) is 88.9 cm³/mol. The van der Waals surface area contributed by atoms with Crippen LogP contribution in [0.15, 0.2) is 0 Å². The molecular weight excluding hydrogens is 296 g/mol. The molecule has 1 fully saturated rings. The van der Waals surface area contributed by atoms with Gasteiger partial charge in [0.25, 0.3) is 0 Å². The second-order valence-corrected chi connectivity index (χ2v) is 6.44. The summed E-state index contributed by atoms with van der Waals surface area (Å²) in [7, 11) is 1.34. The van der Waals surface area contributed by atoms with Gasteiger partial charge in [-0.3, -0.25) is 9.69 Å². The molecule has 6 nitrogen and oxygen atoms in total. The highest BCUT2D eigenvalue weighted by Gasteiger charge is 2.28. The van der Waals surface area contributed by atoms with Crippen molar-refractivity contribution in [2.75, 3.05) is 26.8 Å². The average molecular weight is 328 g/mol. The minimum atomic E-state index is -0.611.